The van der Waals surface area contributed by atoms with Gasteiger partial charge in [0, 0.05) is 11.1 Å². The molecule has 9 heteroatoms. The van der Waals surface area contributed by atoms with Crippen molar-refractivity contribution in [3.8, 4) is 17.3 Å². The Hall–Kier alpha value is -4.40. The van der Waals surface area contributed by atoms with Crippen LogP contribution in [0.15, 0.2) is 63.1 Å². The molecular formula is C24H21N3O6. The number of aromatic amines is 1. The first-order valence-corrected chi connectivity index (χ1v) is 10.3. The van der Waals surface area contributed by atoms with Crippen molar-refractivity contribution < 1.29 is 19.4 Å². The van der Waals surface area contributed by atoms with E-state index in [2.05, 4.69) is 9.98 Å². The average molecular weight is 447 g/mol. The maximum absolute atomic E-state index is 12.7. The lowest BCUT2D eigenvalue weighted by Gasteiger charge is -2.14. The summed E-state index contributed by atoms with van der Waals surface area (Å²) in [5.74, 6) is -0.912. The van der Waals surface area contributed by atoms with E-state index in [0.717, 1.165) is 4.57 Å². The normalized spacial score (nSPS) is 13.5. The minimum atomic E-state index is -0.835. The molecule has 0 bridgehead atoms. The van der Waals surface area contributed by atoms with Gasteiger partial charge in [0.1, 0.15) is 11.3 Å². The van der Waals surface area contributed by atoms with Gasteiger partial charge in [-0.2, -0.15) is 0 Å². The molecule has 0 saturated heterocycles. The fourth-order valence-electron chi connectivity index (χ4n) is 3.56. The number of esters is 1. The number of aromatic nitrogens is 2. The Bertz CT molecular complexity index is 1410. The molecule has 1 aliphatic rings. The van der Waals surface area contributed by atoms with Gasteiger partial charge in [-0.15, -0.1) is 0 Å². The number of nitrogens with zero attached hydrogens (tertiary/aromatic N) is 2. The molecule has 2 N–H and O–H groups in total. The molecule has 0 fully saturated rings. The predicted octanol–water partition coefficient (Wildman–Crippen LogP) is 2.82. The van der Waals surface area contributed by atoms with Gasteiger partial charge in [-0.25, -0.2) is 19.1 Å². The van der Waals surface area contributed by atoms with Gasteiger partial charge in [0.25, 0.3) is 5.56 Å². The van der Waals surface area contributed by atoms with Crippen molar-refractivity contribution >= 4 is 29.0 Å². The summed E-state index contributed by atoms with van der Waals surface area (Å²) in [6.45, 7) is 3.94. The van der Waals surface area contributed by atoms with E-state index in [9.17, 15) is 19.5 Å². The topological polar surface area (TPSA) is 123 Å². The maximum atomic E-state index is 12.7. The summed E-state index contributed by atoms with van der Waals surface area (Å²) >= 11 is 0. The van der Waals surface area contributed by atoms with Crippen LogP contribution in [0.5, 0.6) is 11.6 Å². The van der Waals surface area contributed by atoms with E-state index in [1.165, 1.54) is 6.08 Å². The molecule has 2 heterocycles. The summed E-state index contributed by atoms with van der Waals surface area (Å²) < 4.78 is 11.6. The summed E-state index contributed by atoms with van der Waals surface area (Å²) in [6, 6.07) is 13.6. The van der Waals surface area contributed by atoms with Crippen molar-refractivity contribution in [2.75, 3.05) is 13.2 Å². The average Bonchev–Trinajstić information content (AvgIpc) is 3.16. The van der Waals surface area contributed by atoms with Crippen molar-refractivity contribution in [2.24, 2.45) is 4.99 Å². The third-order valence-corrected chi connectivity index (χ3v) is 4.97. The molecule has 0 spiro atoms. The van der Waals surface area contributed by atoms with Gasteiger partial charge in [0.2, 0.25) is 5.88 Å². The monoisotopic (exact) mass is 447 g/mol. The van der Waals surface area contributed by atoms with Gasteiger partial charge >= 0.3 is 11.7 Å². The number of fused-ring (bicyclic) bond motifs is 1. The van der Waals surface area contributed by atoms with Crippen molar-refractivity contribution in [1.82, 2.24) is 9.55 Å². The quantitative estimate of drug-likeness (QED) is 0.560. The number of nitrogens with one attached hydrogen (secondary N) is 1. The Morgan fingerprint density at radius 2 is 1.82 bits per heavy atom. The lowest BCUT2D eigenvalue weighted by atomic mass is 10.0. The van der Waals surface area contributed by atoms with Crippen LogP contribution >= 0.6 is 0 Å². The number of hydrogen-bond donors (Lipinski definition) is 2. The van der Waals surface area contributed by atoms with Crippen LogP contribution in [0.3, 0.4) is 0 Å². The van der Waals surface area contributed by atoms with E-state index < -0.39 is 23.1 Å². The van der Waals surface area contributed by atoms with Gasteiger partial charge in [-0.3, -0.25) is 9.78 Å². The second kappa shape index (κ2) is 8.99. The van der Waals surface area contributed by atoms with Gasteiger partial charge in [-0.1, -0.05) is 30.3 Å². The van der Waals surface area contributed by atoms with Crippen LogP contribution in [0.1, 0.15) is 25.0 Å². The fourth-order valence-corrected chi connectivity index (χ4v) is 3.56. The Balaban J connectivity index is 1.95. The van der Waals surface area contributed by atoms with Crippen LogP contribution in [0.2, 0.25) is 0 Å². The summed E-state index contributed by atoms with van der Waals surface area (Å²) in [4.78, 5) is 44.4. The number of aromatic hydroxyl groups is 1. The zero-order valence-electron chi connectivity index (χ0n) is 18.0. The molecule has 0 atom stereocenters. The first-order valence-electron chi connectivity index (χ1n) is 10.3. The van der Waals surface area contributed by atoms with E-state index in [0.29, 0.717) is 29.2 Å². The number of hydrogen-bond acceptors (Lipinski definition) is 7. The molecule has 4 rings (SSSR count). The summed E-state index contributed by atoms with van der Waals surface area (Å²) in [5.41, 5.74) is -0.198. The molecule has 1 aromatic heterocycles. The largest absolute Gasteiger partial charge is 0.494 e. The zero-order valence-corrected chi connectivity index (χ0v) is 18.0. The van der Waals surface area contributed by atoms with E-state index >= 15 is 0 Å². The number of ether oxygens (including phenoxy) is 2. The molecule has 9 nitrogen and oxygen atoms in total. The number of carbonyl (C=O) groups is 1. The van der Waals surface area contributed by atoms with Gasteiger partial charge in [0.15, 0.2) is 5.71 Å². The Labute approximate surface area is 188 Å². The smallest absolute Gasteiger partial charge is 0.357 e. The Kier molecular flexibility index (Phi) is 5.95. The number of H-pyrrole nitrogens is 1. The highest BCUT2D eigenvalue weighted by molar-refractivity contribution is 6.58. The molecular weight excluding hydrogens is 426 g/mol. The van der Waals surface area contributed by atoms with Crippen molar-refractivity contribution in [3.05, 3.63) is 80.5 Å². The maximum Gasteiger partial charge on any atom is 0.357 e. The number of aliphatic imine (C=N–C) groups is 1. The van der Waals surface area contributed by atoms with Crippen LogP contribution in [-0.4, -0.2) is 39.6 Å². The fraction of sp³-hybridized carbons (Fsp3) is 0.167. The number of rotatable bonds is 6. The Morgan fingerprint density at radius 3 is 2.58 bits per heavy atom. The molecule has 1 aliphatic heterocycles. The second-order valence-electron chi connectivity index (χ2n) is 6.99. The highest BCUT2D eigenvalue weighted by Crippen LogP contribution is 2.37. The number of carbonyl (C=O) groups excluding carboxylic acids is 1. The SMILES string of the molecule is CCOC(=O)C1=Nc2ccccc2C1=Cc1c(O)n(-c2ccccc2OCC)c(=O)[nH]c1=O. The van der Waals surface area contributed by atoms with Crippen molar-refractivity contribution in [2.45, 2.75) is 13.8 Å². The van der Waals surface area contributed by atoms with Crippen LogP contribution in [-0.2, 0) is 9.53 Å². The van der Waals surface area contributed by atoms with Gasteiger partial charge in [-0.05, 0) is 38.1 Å². The molecule has 0 radical (unpaired) electrons. The standard InChI is InChI=1S/C24H21N3O6/c1-3-32-19-12-8-7-11-18(19)27-22(29)16(21(28)26-24(27)31)13-15-14-9-5-6-10-17(14)25-20(15)23(30)33-4-2/h5-13,29H,3-4H2,1-2H3,(H,26,28,31). The van der Waals surface area contributed by atoms with Gasteiger partial charge < -0.3 is 14.6 Å². The van der Waals surface area contributed by atoms with Crippen molar-refractivity contribution in [3.63, 3.8) is 0 Å². The summed E-state index contributed by atoms with van der Waals surface area (Å²) in [5, 5.41) is 11.0. The summed E-state index contributed by atoms with van der Waals surface area (Å²) in [7, 11) is 0. The minimum absolute atomic E-state index is 0.00400. The number of benzene rings is 2. The lowest BCUT2D eigenvalue weighted by Crippen LogP contribution is -2.30. The predicted molar refractivity (Wildman–Crippen MR) is 124 cm³/mol. The van der Waals surface area contributed by atoms with Crippen molar-refractivity contribution in [1.29, 1.82) is 0 Å². The number of para-hydroxylation sites is 3. The van der Waals surface area contributed by atoms with Crippen LogP contribution in [0.25, 0.3) is 17.3 Å². The third kappa shape index (κ3) is 3.96. The first-order chi connectivity index (χ1) is 16.0. The molecule has 0 saturated carbocycles. The van der Waals surface area contributed by atoms with Gasteiger partial charge in [0.05, 0.1) is 24.6 Å². The lowest BCUT2D eigenvalue weighted by molar-refractivity contribution is -0.134. The molecule has 168 valence electrons. The molecule has 2 aromatic carbocycles. The highest BCUT2D eigenvalue weighted by atomic mass is 16.5. The minimum Gasteiger partial charge on any atom is -0.494 e. The highest BCUT2D eigenvalue weighted by Gasteiger charge is 2.28. The van der Waals surface area contributed by atoms with Crippen LogP contribution in [0, 0.1) is 0 Å². The van der Waals surface area contributed by atoms with Crippen LogP contribution < -0.4 is 16.0 Å². The van der Waals surface area contributed by atoms with E-state index in [1.54, 1.807) is 62.4 Å². The zero-order chi connectivity index (χ0) is 23.5. The van der Waals surface area contributed by atoms with E-state index in [1.807, 2.05) is 0 Å². The molecule has 0 aliphatic carbocycles. The molecule has 3 aromatic rings. The molecule has 33 heavy (non-hydrogen) atoms. The molecule has 0 unspecified atom stereocenters. The van der Waals surface area contributed by atoms with E-state index in [4.69, 9.17) is 9.47 Å². The molecule has 0 amide bonds. The van der Waals surface area contributed by atoms with Crippen LogP contribution in [0.4, 0.5) is 5.69 Å². The summed E-state index contributed by atoms with van der Waals surface area (Å²) in [6.07, 6.45) is 1.33. The first kappa shape index (κ1) is 21.8. The van der Waals surface area contributed by atoms with E-state index in [-0.39, 0.29) is 23.6 Å². The Morgan fingerprint density at radius 1 is 1.09 bits per heavy atom. The third-order valence-electron chi connectivity index (χ3n) is 4.97. The second-order valence-corrected chi connectivity index (χ2v) is 6.99.